The van der Waals surface area contributed by atoms with Crippen molar-refractivity contribution < 1.29 is 14.3 Å². The number of unbranched alkanes of at least 4 members (excludes halogenated alkanes) is 2. The molecule has 0 spiro atoms. The van der Waals surface area contributed by atoms with E-state index in [1.807, 2.05) is 4.90 Å². The molecule has 0 bridgehead atoms. The molecule has 1 heterocycles. The van der Waals surface area contributed by atoms with Gasteiger partial charge in [0.05, 0.1) is 5.56 Å². The molecular weight excluding hydrogens is 268 g/mol. The second-order valence-corrected chi connectivity index (χ2v) is 5.29. The molecule has 0 radical (unpaired) electrons. The maximum atomic E-state index is 12.7. The van der Waals surface area contributed by atoms with Gasteiger partial charge in [-0.15, -0.1) is 0 Å². The Morgan fingerprint density at radius 2 is 1.71 bits per heavy atom. The molecule has 0 saturated carbocycles. The van der Waals surface area contributed by atoms with Crippen LogP contribution in [0, 0.1) is 0 Å². The second-order valence-electron chi connectivity index (χ2n) is 5.29. The van der Waals surface area contributed by atoms with E-state index in [1.165, 1.54) is 0 Å². The van der Waals surface area contributed by atoms with Gasteiger partial charge in [0, 0.05) is 24.8 Å². The van der Waals surface area contributed by atoms with E-state index >= 15 is 0 Å². The SMILES string of the molecule is CCCCN(CCCC)C(=O)c1cc2c(cc1N)OCO2. The third-order valence-electron chi connectivity index (χ3n) is 3.63. The van der Waals surface area contributed by atoms with Crippen molar-refractivity contribution in [2.75, 3.05) is 25.6 Å². The van der Waals surface area contributed by atoms with Crippen molar-refractivity contribution >= 4 is 11.6 Å². The van der Waals surface area contributed by atoms with Crippen LogP contribution in [0.5, 0.6) is 11.5 Å². The minimum Gasteiger partial charge on any atom is -0.454 e. The fourth-order valence-corrected chi connectivity index (χ4v) is 2.33. The number of carbonyl (C=O) groups excluding carboxylic acids is 1. The molecule has 116 valence electrons. The number of nitrogen functional groups attached to an aromatic ring is 1. The van der Waals surface area contributed by atoms with Crippen molar-refractivity contribution in [2.45, 2.75) is 39.5 Å². The van der Waals surface area contributed by atoms with E-state index in [2.05, 4.69) is 13.8 Å². The Balaban J connectivity index is 2.19. The molecule has 0 atom stereocenters. The molecule has 1 aliphatic rings. The van der Waals surface area contributed by atoms with Gasteiger partial charge in [-0.1, -0.05) is 26.7 Å². The van der Waals surface area contributed by atoms with Crippen molar-refractivity contribution in [1.82, 2.24) is 4.90 Å². The Hall–Kier alpha value is -1.91. The number of nitrogens with zero attached hydrogens (tertiary/aromatic N) is 1. The number of anilines is 1. The number of ether oxygens (including phenoxy) is 2. The number of nitrogens with two attached hydrogens (primary N) is 1. The standard InChI is InChI=1S/C16H24N2O3/c1-3-5-7-18(8-6-4-2)16(19)12-9-14-15(10-13(12)17)21-11-20-14/h9-10H,3-8,11,17H2,1-2H3. The summed E-state index contributed by atoms with van der Waals surface area (Å²) < 4.78 is 10.6. The average Bonchev–Trinajstić information content (AvgIpc) is 2.93. The van der Waals surface area contributed by atoms with Crippen LogP contribution in [0.15, 0.2) is 12.1 Å². The average molecular weight is 292 g/mol. The van der Waals surface area contributed by atoms with Crippen LogP contribution in [0.4, 0.5) is 5.69 Å². The fraction of sp³-hybridized carbons (Fsp3) is 0.562. The Morgan fingerprint density at radius 1 is 1.14 bits per heavy atom. The van der Waals surface area contributed by atoms with Gasteiger partial charge in [0.2, 0.25) is 6.79 Å². The largest absolute Gasteiger partial charge is 0.454 e. The molecule has 5 nitrogen and oxygen atoms in total. The van der Waals surface area contributed by atoms with Crippen LogP contribution in [0.25, 0.3) is 0 Å². The summed E-state index contributed by atoms with van der Waals surface area (Å²) in [5.74, 6) is 1.18. The summed E-state index contributed by atoms with van der Waals surface area (Å²) in [6.45, 7) is 5.96. The first kappa shape index (κ1) is 15.5. The van der Waals surface area contributed by atoms with E-state index in [0.717, 1.165) is 38.8 Å². The number of amides is 1. The first-order valence-corrected chi connectivity index (χ1v) is 7.65. The third kappa shape index (κ3) is 3.60. The second kappa shape index (κ2) is 7.20. The number of rotatable bonds is 7. The van der Waals surface area contributed by atoms with Gasteiger partial charge in [0.15, 0.2) is 11.5 Å². The summed E-state index contributed by atoms with van der Waals surface area (Å²) in [5, 5.41) is 0. The summed E-state index contributed by atoms with van der Waals surface area (Å²) in [5.41, 5.74) is 6.96. The lowest BCUT2D eigenvalue weighted by molar-refractivity contribution is 0.0751. The molecule has 0 unspecified atom stereocenters. The summed E-state index contributed by atoms with van der Waals surface area (Å²) in [7, 11) is 0. The van der Waals surface area contributed by atoms with Crippen molar-refractivity contribution in [3.63, 3.8) is 0 Å². The van der Waals surface area contributed by atoms with Crippen LogP contribution in [0.3, 0.4) is 0 Å². The van der Waals surface area contributed by atoms with E-state index in [-0.39, 0.29) is 12.7 Å². The molecule has 1 aliphatic heterocycles. The van der Waals surface area contributed by atoms with Crippen LogP contribution in [0.2, 0.25) is 0 Å². The smallest absolute Gasteiger partial charge is 0.256 e. The predicted octanol–water partition coefficient (Wildman–Crippen LogP) is 3.04. The third-order valence-corrected chi connectivity index (χ3v) is 3.63. The normalized spacial score (nSPS) is 12.5. The highest BCUT2D eigenvalue weighted by Crippen LogP contribution is 2.36. The molecule has 1 aromatic rings. The van der Waals surface area contributed by atoms with Crippen molar-refractivity contribution in [3.8, 4) is 11.5 Å². The maximum Gasteiger partial charge on any atom is 0.256 e. The van der Waals surface area contributed by atoms with Crippen molar-refractivity contribution in [2.24, 2.45) is 0 Å². The minimum atomic E-state index is -0.0206. The highest BCUT2D eigenvalue weighted by atomic mass is 16.7. The summed E-state index contributed by atoms with van der Waals surface area (Å²) >= 11 is 0. The van der Waals surface area contributed by atoms with Gasteiger partial charge in [0.1, 0.15) is 0 Å². The summed E-state index contributed by atoms with van der Waals surface area (Å²) in [6, 6.07) is 3.37. The fourth-order valence-electron chi connectivity index (χ4n) is 2.33. The van der Waals surface area contributed by atoms with Crippen molar-refractivity contribution in [1.29, 1.82) is 0 Å². The summed E-state index contributed by atoms with van der Waals surface area (Å²) in [6.07, 6.45) is 4.12. The van der Waals surface area contributed by atoms with Gasteiger partial charge in [-0.25, -0.2) is 0 Å². The van der Waals surface area contributed by atoms with Crippen LogP contribution >= 0.6 is 0 Å². The lowest BCUT2D eigenvalue weighted by Crippen LogP contribution is -2.33. The van der Waals surface area contributed by atoms with Gasteiger partial charge in [-0.05, 0) is 18.9 Å². The minimum absolute atomic E-state index is 0.0206. The van der Waals surface area contributed by atoms with Crippen molar-refractivity contribution in [3.05, 3.63) is 17.7 Å². The predicted molar refractivity (Wildman–Crippen MR) is 82.7 cm³/mol. The Morgan fingerprint density at radius 3 is 2.29 bits per heavy atom. The first-order chi connectivity index (χ1) is 10.2. The van der Waals surface area contributed by atoms with Crippen LogP contribution in [0.1, 0.15) is 49.9 Å². The summed E-state index contributed by atoms with van der Waals surface area (Å²) in [4.78, 5) is 14.6. The number of hydrogen-bond donors (Lipinski definition) is 1. The molecular formula is C16H24N2O3. The van der Waals surface area contributed by atoms with E-state index in [0.29, 0.717) is 22.7 Å². The first-order valence-electron chi connectivity index (χ1n) is 7.65. The number of carbonyl (C=O) groups is 1. The molecule has 2 rings (SSSR count). The molecule has 1 aromatic carbocycles. The Labute approximate surface area is 126 Å². The zero-order valence-corrected chi connectivity index (χ0v) is 12.9. The zero-order chi connectivity index (χ0) is 15.2. The van der Waals surface area contributed by atoms with Gasteiger partial charge >= 0.3 is 0 Å². The topological polar surface area (TPSA) is 64.8 Å². The maximum absolute atomic E-state index is 12.7. The number of benzene rings is 1. The molecule has 0 saturated heterocycles. The highest BCUT2D eigenvalue weighted by Gasteiger charge is 2.22. The van der Waals surface area contributed by atoms with Crippen LogP contribution in [-0.4, -0.2) is 30.7 Å². The highest BCUT2D eigenvalue weighted by molar-refractivity contribution is 6.00. The number of fused-ring (bicyclic) bond motifs is 1. The molecule has 1 amide bonds. The number of hydrogen-bond acceptors (Lipinski definition) is 4. The lowest BCUT2D eigenvalue weighted by atomic mass is 10.1. The van der Waals surface area contributed by atoms with Gasteiger partial charge in [-0.3, -0.25) is 4.79 Å². The van der Waals surface area contributed by atoms with Crippen LogP contribution < -0.4 is 15.2 Å². The quantitative estimate of drug-likeness (QED) is 0.784. The molecule has 0 aliphatic carbocycles. The van der Waals surface area contributed by atoms with Gasteiger partial charge < -0.3 is 20.1 Å². The molecule has 0 aromatic heterocycles. The molecule has 21 heavy (non-hydrogen) atoms. The van der Waals surface area contributed by atoms with E-state index in [9.17, 15) is 4.79 Å². The van der Waals surface area contributed by atoms with E-state index < -0.39 is 0 Å². The van der Waals surface area contributed by atoms with E-state index in [4.69, 9.17) is 15.2 Å². The molecule has 0 fully saturated rings. The van der Waals surface area contributed by atoms with Gasteiger partial charge in [-0.2, -0.15) is 0 Å². The van der Waals surface area contributed by atoms with Crippen LogP contribution in [-0.2, 0) is 0 Å². The molecule has 5 heteroatoms. The Bertz CT molecular complexity index is 495. The van der Waals surface area contributed by atoms with E-state index in [1.54, 1.807) is 12.1 Å². The Kier molecular flexibility index (Phi) is 5.31. The molecule has 2 N–H and O–H groups in total. The van der Waals surface area contributed by atoms with Gasteiger partial charge in [0.25, 0.3) is 5.91 Å². The lowest BCUT2D eigenvalue weighted by Gasteiger charge is -2.23. The zero-order valence-electron chi connectivity index (χ0n) is 12.9. The monoisotopic (exact) mass is 292 g/mol.